The molecular weight excluding hydrogens is 183 g/mol. The van der Waals surface area contributed by atoms with Crippen LogP contribution in [0.2, 0.25) is 0 Å². The topological polar surface area (TPSA) is 15.7 Å². The minimum atomic E-state index is 0.157. The first-order valence-electron chi connectivity index (χ1n) is 5.39. The average Bonchev–Trinajstić information content (AvgIpc) is 2.90. The summed E-state index contributed by atoms with van der Waals surface area (Å²) in [5, 5.41) is 0. The third-order valence-electron chi connectivity index (χ3n) is 3.47. The molecule has 0 unspecified atom stereocenters. The summed E-state index contributed by atoms with van der Waals surface area (Å²) >= 11 is 0. The minimum absolute atomic E-state index is 0.157. The Balaban J connectivity index is 1.75. The van der Waals surface area contributed by atoms with Crippen molar-refractivity contribution >= 4 is 0 Å². The molecule has 1 saturated heterocycles. The molecule has 0 aromatic carbocycles. The van der Waals surface area contributed by atoms with Gasteiger partial charge in [-0.2, -0.15) is 4.94 Å². The van der Waals surface area contributed by atoms with Gasteiger partial charge in [-0.3, -0.25) is 0 Å². The van der Waals surface area contributed by atoms with Gasteiger partial charge in [0.2, 0.25) is 0 Å². The van der Waals surface area contributed by atoms with Crippen LogP contribution >= 0.6 is 0 Å². The van der Waals surface area contributed by atoms with Crippen molar-refractivity contribution in [2.75, 3.05) is 46.4 Å². The van der Waals surface area contributed by atoms with Crippen molar-refractivity contribution in [2.24, 2.45) is 5.41 Å². The molecular formula is C10H19FN2O. The molecule has 0 spiro atoms. The first kappa shape index (κ1) is 10.3. The number of hydrogen-bond acceptors (Lipinski definition) is 3. The van der Waals surface area contributed by atoms with Crippen LogP contribution in [0.15, 0.2) is 0 Å². The molecule has 0 aromatic heterocycles. The maximum Gasteiger partial charge on any atom is 0.0944 e. The van der Waals surface area contributed by atoms with E-state index in [-0.39, 0.29) is 5.41 Å². The van der Waals surface area contributed by atoms with Crippen LogP contribution in [0.5, 0.6) is 0 Å². The summed E-state index contributed by atoms with van der Waals surface area (Å²) in [5.74, 6) is 0. The normalized spacial score (nSPS) is 27.9. The van der Waals surface area contributed by atoms with E-state index in [0.29, 0.717) is 6.61 Å². The van der Waals surface area contributed by atoms with E-state index in [1.807, 2.05) is 0 Å². The Labute approximate surface area is 84.7 Å². The van der Waals surface area contributed by atoms with Gasteiger partial charge in [-0.25, -0.2) is 0 Å². The van der Waals surface area contributed by atoms with Crippen molar-refractivity contribution in [2.45, 2.75) is 12.8 Å². The second kappa shape index (κ2) is 4.13. The molecule has 0 bridgehead atoms. The van der Waals surface area contributed by atoms with Crippen molar-refractivity contribution in [3.05, 3.63) is 0 Å². The lowest BCUT2D eigenvalue weighted by Gasteiger charge is -2.34. The van der Waals surface area contributed by atoms with Crippen LogP contribution in [-0.2, 0) is 4.94 Å². The number of halogens is 1. The fraction of sp³-hybridized carbons (Fsp3) is 1.00. The van der Waals surface area contributed by atoms with Gasteiger partial charge in [0.1, 0.15) is 0 Å². The van der Waals surface area contributed by atoms with E-state index in [1.165, 1.54) is 0 Å². The van der Waals surface area contributed by atoms with E-state index in [9.17, 15) is 4.53 Å². The van der Waals surface area contributed by atoms with Crippen LogP contribution in [-0.4, -0.2) is 56.2 Å². The second-order valence-corrected chi connectivity index (χ2v) is 4.83. The number of piperazine rings is 1. The van der Waals surface area contributed by atoms with Crippen molar-refractivity contribution < 1.29 is 9.47 Å². The quantitative estimate of drug-likeness (QED) is 0.674. The van der Waals surface area contributed by atoms with Crippen molar-refractivity contribution in [1.82, 2.24) is 9.80 Å². The molecule has 4 heteroatoms. The number of likely N-dealkylation sites (N-methyl/N-ethyl adjacent to an activating group) is 1. The van der Waals surface area contributed by atoms with Gasteiger partial charge in [0.15, 0.2) is 0 Å². The van der Waals surface area contributed by atoms with Crippen LogP contribution in [0.1, 0.15) is 12.8 Å². The number of hydrogen-bond donors (Lipinski definition) is 0. The third kappa shape index (κ3) is 2.43. The Bertz CT molecular complexity index is 189. The molecule has 2 aliphatic rings. The molecule has 0 amide bonds. The lowest BCUT2D eigenvalue weighted by molar-refractivity contribution is -0.151. The Hall–Kier alpha value is -0.190. The summed E-state index contributed by atoms with van der Waals surface area (Å²) < 4.78 is 11.8. The van der Waals surface area contributed by atoms with Crippen LogP contribution in [0.3, 0.4) is 0 Å². The summed E-state index contributed by atoms with van der Waals surface area (Å²) in [6.07, 6.45) is 2.26. The molecule has 82 valence electrons. The predicted octanol–water partition coefficient (Wildman–Crippen LogP) is 0.915. The Kier molecular flexibility index (Phi) is 3.04. The average molecular weight is 202 g/mol. The zero-order valence-corrected chi connectivity index (χ0v) is 8.84. The SMILES string of the molecule is CN1CCN(CC2(COF)CC2)CC1. The van der Waals surface area contributed by atoms with Gasteiger partial charge in [0.25, 0.3) is 0 Å². The molecule has 1 aliphatic heterocycles. The maximum absolute atomic E-state index is 11.8. The smallest absolute Gasteiger partial charge is 0.0944 e. The van der Waals surface area contributed by atoms with Gasteiger partial charge in [0.05, 0.1) is 6.61 Å². The fourth-order valence-electron chi connectivity index (χ4n) is 2.12. The van der Waals surface area contributed by atoms with Gasteiger partial charge in [-0.05, 0) is 24.4 Å². The van der Waals surface area contributed by atoms with Crippen LogP contribution in [0, 0.1) is 5.41 Å². The van der Waals surface area contributed by atoms with E-state index in [0.717, 1.165) is 45.6 Å². The van der Waals surface area contributed by atoms with Gasteiger partial charge in [-0.1, -0.05) is 0 Å². The van der Waals surface area contributed by atoms with E-state index in [2.05, 4.69) is 21.8 Å². The van der Waals surface area contributed by atoms with E-state index < -0.39 is 0 Å². The maximum atomic E-state index is 11.8. The third-order valence-corrected chi connectivity index (χ3v) is 3.47. The van der Waals surface area contributed by atoms with Crippen molar-refractivity contribution in [3.63, 3.8) is 0 Å². The monoisotopic (exact) mass is 202 g/mol. The molecule has 14 heavy (non-hydrogen) atoms. The largest absolute Gasteiger partial charge is 0.304 e. The highest BCUT2D eigenvalue weighted by atomic mass is 19.3. The number of nitrogens with zero attached hydrogens (tertiary/aromatic N) is 2. The zero-order chi connectivity index (χ0) is 10.0. The van der Waals surface area contributed by atoms with Gasteiger partial charge >= 0.3 is 0 Å². The summed E-state index contributed by atoms with van der Waals surface area (Å²) in [6, 6.07) is 0. The van der Waals surface area contributed by atoms with Gasteiger partial charge < -0.3 is 9.80 Å². The Morgan fingerprint density at radius 2 is 1.86 bits per heavy atom. The van der Waals surface area contributed by atoms with Crippen LogP contribution in [0.4, 0.5) is 4.53 Å². The summed E-state index contributed by atoms with van der Waals surface area (Å²) in [4.78, 5) is 8.57. The first-order chi connectivity index (χ1) is 6.74. The zero-order valence-electron chi connectivity index (χ0n) is 8.84. The van der Waals surface area contributed by atoms with E-state index in [4.69, 9.17) is 0 Å². The highest BCUT2D eigenvalue weighted by Crippen LogP contribution is 2.46. The molecule has 1 aliphatic carbocycles. The highest BCUT2D eigenvalue weighted by Gasteiger charge is 2.44. The highest BCUT2D eigenvalue weighted by molar-refractivity contribution is 4.95. The van der Waals surface area contributed by atoms with Crippen LogP contribution < -0.4 is 0 Å². The molecule has 0 N–H and O–H groups in total. The van der Waals surface area contributed by atoms with E-state index >= 15 is 0 Å². The summed E-state index contributed by atoms with van der Waals surface area (Å²) in [5.41, 5.74) is 0.157. The lowest BCUT2D eigenvalue weighted by atomic mass is 10.1. The minimum Gasteiger partial charge on any atom is -0.304 e. The van der Waals surface area contributed by atoms with E-state index in [1.54, 1.807) is 0 Å². The molecule has 1 saturated carbocycles. The van der Waals surface area contributed by atoms with Gasteiger partial charge in [-0.15, -0.1) is 0 Å². The molecule has 0 radical (unpaired) electrons. The second-order valence-electron chi connectivity index (χ2n) is 4.83. The van der Waals surface area contributed by atoms with Crippen LogP contribution in [0.25, 0.3) is 0 Å². The molecule has 2 rings (SSSR count). The van der Waals surface area contributed by atoms with Crippen molar-refractivity contribution in [1.29, 1.82) is 0 Å². The lowest BCUT2D eigenvalue weighted by Crippen LogP contribution is -2.46. The van der Waals surface area contributed by atoms with Crippen molar-refractivity contribution in [3.8, 4) is 0 Å². The van der Waals surface area contributed by atoms with Gasteiger partial charge in [0, 0.05) is 38.1 Å². The standard InChI is InChI=1S/C10H19FN2O/c1-12-4-6-13(7-5-12)8-10(2-3-10)9-14-11/h2-9H2,1H3. The Morgan fingerprint density at radius 1 is 1.21 bits per heavy atom. The molecule has 0 atom stereocenters. The molecule has 0 aromatic rings. The fourth-order valence-corrected chi connectivity index (χ4v) is 2.12. The Morgan fingerprint density at radius 3 is 2.36 bits per heavy atom. The molecule has 3 nitrogen and oxygen atoms in total. The molecule has 1 heterocycles. The first-order valence-corrected chi connectivity index (χ1v) is 5.39. The summed E-state index contributed by atoms with van der Waals surface area (Å²) in [6.45, 7) is 5.80. The number of rotatable bonds is 4. The molecule has 2 fully saturated rings. The summed E-state index contributed by atoms with van der Waals surface area (Å²) in [7, 11) is 2.15. The predicted molar refractivity (Wildman–Crippen MR) is 52.7 cm³/mol.